The molecule has 7 nitrogen and oxygen atoms in total. The molecule has 0 bridgehead atoms. The fourth-order valence-corrected chi connectivity index (χ4v) is 6.02. The molecule has 33 heavy (non-hydrogen) atoms. The first-order valence-electron chi connectivity index (χ1n) is 12.3. The van der Waals surface area contributed by atoms with Gasteiger partial charge in [-0.1, -0.05) is 44.9 Å². The van der Waals surface area contributed by atoms with Crippen molar-refractivity contribution >= 4 is 23.4 Å². The second-order valence-electron chi connectivity index (χ2n) is 9.39. The molecule has 2 aromatic heterocycles. The summed E-state index contributed by atoms with van der Waals surface area (Å²) in [7, 11) is 0. The lowest BCUT2D eigenvalue weighted by atomic mass is 10.1. The Morgan fingerprint density at radius 2 is 2.00 bits per heavy atom. The van der Waals surface area contributed by atoms with E-state index in [1.807, 2.05) is 22.5 Å². The average Bonchev–Trinajstić information content (AvgIpc) is 3.49. The van der Waals surface area contributed by atoms with Gasteiger partial charge in [-0.2, -0.15) is 19.6 Å². The molecule has 1 aromatic carbocycles. The number of thioether (sulfide) groups is 1. The van der Waals surface area contributed by atoms with E-state index in [0.29, 0.717) is 24.4 Å². The van der Waals surface area contributed by atoms with Crippen molar-refractivity contribution in [2.24, 2.45) is 0 Å². The van der Waals surface area contributed by atoms with E-state index in [-0.39, 0.29) is 6.10 Å². The van der Waals surface area contributed by atoms with Crippen molar-refractivity contribution in [3.8, 4) is 6.01 Å². The maximum atomic E-state index is 6.20. The first-order chi connectivity index (χ1) is 16.2. The fraction of sp³-hybridized carbons (Fsp3) is 0.560. The molecule has 1 saturated carbocycles. The zero-order valence-electron chi connectivity index (χ0n) is 19.6. The Morgan fingerprint density at radius 1 is 1.15 bits per heavy atom. The SMILES string of the molecule is CC(C)c1cnn2c(NCc3ccccc3SC3CCCC3)nc(O[C@@H]3CCCNC3)nc12. The van der Waals surface area contributed by atoms with Gasteiger partial charge in [-0.3, -0.25) is 0 Å². The Labute approximate surface area is 200 Å². The van der Waals surface area contributed by atoms with Crippen LogP contribution in [0, 0.1) is 0 Å². The van der Waals surface area contributed by atoms with E-state index in [9.17, 15) is 0 Å². The summed E-state index contributed by atoms with van der Waals surface area (Å²) < 4.78 is 8.02. The summed E-state index contributed by atoms with van der Waals surface area (Å²) in [5.41, 5.74) is 3.20. The molecule has 1 aliphatic carbocycles. The van der Waals surface area contributed by atoms with Gasteiger partial charge in [0.25, 0.3) is 0 Å². The number of piperidine rings is 1. The van der Waals surface area contributed by atoms with E-state index in [1.165, 1.54) is 36.1 Å². The van der Waals surface area contributed by atoms with E-state index in [2.05, 4.69) is 53.8 Å². The largest absolute Gasteiger partial charge is 0.459 e. The summed E-state index contributed by atoms with van der Waals surface area (Å²) >= 11 is 2.02. The molecule has 0 radical (unpaired) electrons. The van der Waals surface area contributed by atoms with Gasteiger partial charge in [0.1, 0.15) is 6.10 Å². The predicted octanol–water partition coefficient (Wildman–Crippen LogP) is 5.03. The number of nitrogens with one attached hydrogen (secondary N) is 2. The molecular formula is C25H34N6OS. The maximum Gasteiger partial charge on any atom is 0.322 e. The average molecular weight is 467 g/mol. The highest BCUT2D eigenvalue weighted by atomic mass is 32.2. The summed E-state index contributed by atoms with van der Waals surface area (Å²) in [5.74, 6) is 0.990. The number of aromatic nitrogens is 4. The summed E-state index contributed by atoms with van der Waals surface area (Å²) in [4.78, 5) is 10.8. The minimum atomic E-state index is 0.100. The van der Waals surface area contributed by atoms with Crippen LogP contribution in [0.5, 0.6) is 6.01 Å². The van der Waals surface area contributed by atoms with E-state index >= 15 is 0 Å². The number of fused-ring (bicyclic) bond motifs is 1. The standard InChI is InChI=1S/C25H34N6OS/c1-17(2)21-16-28-31-23(21)29-25(32-19-9-7-13-26-15-19)30-24(31)27-14-18-8-3-6-12-22(18)33-20-10-4-5-11-20/h3,6,8,12,16-17,19-20,26H,4-5,7,9-11,13-15H2,1-2H3,(H,27,29,30)/t19-/m1/s1. The summed E-state index contributed by atoms with van der Waals surface area (Å²) in [6.07, 6.45) is 9.48. The topological polar surface area (TPSA) is 76.4 Å². The molecule has 2 aliphatic rings. The first-order valence-corrected chi connectivity index (χ1v) is 13.2. The third-order valence-electron chi connectivity index (χ3n) is 6.53. The number of anilines is 1. The van der Waals surface area contributed by atoms with Crippen LogP contribution in [0.25, 0.3) is 5.65 Å². The van der Waals surface area contributed by atoms with Gasteiger partial charge < -0.3 is 15.4 Å². The van der Waals surface area contributed by atoms with Crippen LogP contribution in [0.2, 0.25) is 0 Å². The molecule has 1 aliphatic heterocycles. The molecular weight excluding hydrogens is 432 g/mol. The van der Waals surface area contributed by atoms with Crippen LogP contribution in [0.1, 0.15) is 69.4 Å². The zero-order valence-corrected chi connectivity index (χ0v) is 20.4. The Kier molecular flexibility index (Phi) is 7.02. The third-order valence-corrected chi connectivity index (χ3v) is 7.98. The molecule has 0 spiro atoms. The second-order valence-corrected chi connectivity index (χ2v) is 10.7. The number of benzene rings is 1. The van der Waals surface area contributed by atoms with Crippen LogP contribution in [-0.4, -0.2) is 44.0 Å². The fourth-order valence-electron chi connectivity index (χ4n) is 4.64. The van der Waals surface area contributed by atoms with Gasteiger partial charge in [0.2, 0.25) is 5.95 Å². The van der Waals surface area contributed by atoms with Crippen molar-refractivity contribution in [3.63, 3.8) is 0 Å². The van der Waals surface area contributed by atoms with Gasteiger partial charge in [-0.05, 0) is 49.8 Å². The minimum absolute atomic E-state index is 0.100. The third kappa shape index (κ3) is 5.27. The lowest BCUT2D eigenvalue weighted by molar-refractivity contribution is 0.153. The Balaban J connectivity index is 1.40. The maximum absolute atomic E-state index is 6.20. The predicted molar refractivity (Wildman–Crippen MR) is 133 cm³/mol. The molecule has 5 rings (SSSR count). The molecule has 0 amide bonds. The van der Waals surface area contributed by atoms with Crippen LogP contribution >= 0.6 is 11.8 Å². The molecule has 176 valence electrons. The van der Waals surface area contributed by atoms with Crippen LogP contribution in [0.4, 0.5) is 5.95 Å². The van der Waals surface area contributed by atoms with E-state index in [1.54, 1.807) is 0 Å². The molecule has 8 heteroatoms. The summed E-state index contributed by atoms with van der Waals surface area (Å²) in [6.45, 7) is 6.89. The van der Waals surface area contributed by atoms with Crippen LogP contribution in [0.15, 0.2) is 35.4 Å². The van der Waals surface area contributed by atoms with Gasteiger partial charge in [0.05, 0.1) is 6.20 Å². The van der Waals surface area contributed by atoms with Crippen molar-refractivity contribution in [1.29, 1.82) is 0 Å². The normalized spacial score (nSPS) is 19.4. The van der Waals surface area contributed by atoms with Crippen molar-refractivity contribution in [2.45, 2.75) is 81.1 Å². The van der Waals surface area contributed by atoms with Gasteiger partial charge in [-0.15, -0.1) is 11.8 Å². The quantitative estimate of drug-likeness (QED) is 0.482. The first kappa shape index (κ1) is 22.5. The van der Waals surface area contributed by atoms with Crippen LogP contribution in [0.3, 0.4) is 0 Å². The van der Waals surface area contributed by atoms with E-state index < -0.39 is 0 Å². The molecule has 3 aromatic rings. The van der Waals surface area contributed by atoms with Gasteiger partial charge >= 0.3 is 6.01 Å². The Bertz CT molecular complexity index is 1070. The molecule has 2 N–H and O–H groups in total. The highest BCUT2D eigenvalue weighted by Crippen LogP contribution is 2.36. The van der Waals surface area contributed by atoms with E-state index in [0.717, 1.165) is 42.4 Å². The highest BCUT2D eigenvalue weighted by Gasteiger charge is 2.21. The number of nitrogens with zero attached hydrogens (tertiary/aromatic N) is 4. The van der Waals surface area contributed by atoms with Crippen molar-refractivity contribution in [2.75, 3.05) is 18.4 Å². The Hall–Kier alpha value is -2.32. The lowest BCUT2D eigenvalue weighted by Crippen LogP contribution is -2.37. The van der Waals surface area contributed by atoms with E-state index in [4.69, 9.17) is 14.7 Å². The van der Waals surface area contributed by atoms with Crippen LogP contribution in [-0.2, 0) is 6.54 Å². The minimum Gasteiger partial charge on any atom is -0.459 e. The molecule has 3 heterocycles. The smallest absolute Gasteiger partial charge is 0.322 e. The second kappa shape index (κ2) is 10.3. The molecule has 1 saturated heterocycles. The van der Waals surface area contributed by atoms with Crippen molar-refractivity contribution < 1.29 is 4.74 Å². The van der Waals surface area contributed by atoms with Crippen molar-refractivity contribution in [1.82, 2.24) is 24.9 Å². The molecule has 2 fully saturated rings. The summed E-state index contributed by atoms with van der Waals surface area (Å²) in [5, 5.41) is 12.3. The van der Waals surface area contributed by atoms with Crippen LogP contribution < -0.4 is 15.4 Å². The number of ether oxygens (including phenoxy) is 1. The zero-order chi connectivity index (χ0) is 22.6. The highest BCUT2D eigenvalue weighted by molar-refractivity contribution is 8.00. The van der Waals surface area contributed by atoms with Crippen molar-refractivity contribution in [3.05, 3.63) is 41.6 Å². The lowest BCUT2D eigenvalue weighted by Gasteiger charge is -2.23. The number of rotatable bonds is 8. The monoisotopic (exact) mass is 466 g/mol. The Morgan fingerprint density at radius 3 is 2.79 bits per heavy atom. The number of hydrogen-bond acceptors (Lipinski definition) is 7. The summed E-state index contributed by atoms with van der Waals surface area (Å²) in [6, 6.07) is 9.12. The molecule has 0 unspecified atom stereocenters. The van der Waals surface area contributed by atoms with Gasteiger partial charge in [0, 0.05) is 28.8 Å². The number of hydrogen-bond donors (Lipinski definition) is 2. The molecule has 1 atom stereocenters. The van der Waals surface area contributed by atoms with Gasteiger partial charge in [0.15, 0.2) is 5.65 Å². The van der Waals surface area contributed by atoms with Gasteiger partial charge in [-0.25, -0.2) is 0 Å².